The van der Waals surface area contributed by atoms with E-state index in [1.165, 1.54) is 32.1 Å². The van der Waals surface area contributed by atoms with Crippen LogP contribution in [0.3, 0.4) is 0 Å². The van der Waals surface area contributed by atoms with Gasteiger partial charge in [-0.15, -0.1) is 0 Å². The number of nitrogens with two attached hydrogens (primary N) is 1. The normalized spacial score (nSPS) is 16.1. The molecular weight excluding hydrogens is 520 g/mol. The van der Waals surface area contributed by atoms with Crippen LogP contribution in [-0.4, -0.2) is 32.7 Å². The molecule has 4 N–H and O–H groups in total. The number of carbonyl (C=O) groups excluding carboxylic acids is 2. The molecule has 1 fully saturated rings. The molecule has 1 aromatic heterocycles. The molecule has 1 aromatic carbocycles. The summed E-state index contributed by atoms with van der Waals surface area (Å²) < 4.78 is 18.9. The van der Waals surface area contributed by atoms with Crippen molar-refractivity contribution in [2.75, 3.05) is 6.54 Å². The molecule has 8 heteroatoms. The highest BCUT2D eigenvalue weighted by Crippen LogP contribution is 2.36. The predicted octanol–water partition coefficient (Wildman–Crippen LogP) is 5.99. The summed E-state index contributed by atoms with van der Waals surface area (Å²) in [6, 6.07) is 8.10. The Labute approximate surface area is 243 Å². The zero-order valence-corrected chi connectivity index (χ0v) is 26.8. The standard InChI is InChI=1S/C32H50N4O3S/c1-21-24(28(37)34-20-32(8,9)29(33)38)18-26(36(21)19-22-13-11-10-12-14-22)23-15-16-27(25(17-23)30(2,3)4)40(39)35-31(5,6)7/h15-18,22,35H,10-14,19-20H2,1-9H3,(H2,33,38)(H,34,37). The van der Waals surface area contributed by atoms with Gasteiger partial charge in [0.25, 0.3) is 5.91 Å². The van der Waals surface area contributed by atoms with Gasteiger partial charge in [0.1, 0.15) is 11.0 Å². The van der Waals surface area contributed by atoms with Gasteiger partial charge in [0.15, 0.2) is 0 Å². The Hall–Kier alpha value is -2.45. The number of benzene rings is 1. The van der Waals surface area contributed by atoms with Gasteiger partial charge < -0.3 is 15.6 Å². The lowest BCUT2D eigenvalue weighted by molar-refractivity contribution is -0.125. The Morgan fingerprint density at radius 3 is 2.17 bits per heavy atom. The fourth-order valence-electron chi connectivity index (χ4n) is 5.23. The van der Waals surface area contributed by atoms with Gasteiger partial charge in [-0.2, -0.15) is 0 Å². The zero-order chi connectivity index (χ0) is 30.0. The molecule has 1 heterocycles. The van der Waals surface area contributed by atoms with Gasteiger partial charge in [-0.05, 0) is 95.0 Å². The molecule has 1 atom stereocenters. The second-order valence-electron chi connectivity index (χ2n) is 14.2. The van der Waals surface area contributed by atoms with E-state index < -0.39 is 22.3 Å². The Morgan fingerprint density at radius 2 is 1.62 bits per heavy atom. The van der Waals surface area contributed by atoms with Crippen LogP contribution in [0.4, 0.5) is 0 Å². The third-order valence-corrected chi connectivity index (χ3v) is 9.37. The summed E-state index contributed by atoms with van der Waals surface area (Å²) in [5.41, 5.74) is 8.65. The van der Waals surface area contributed by atoms with E-state index in [0.29, 0.717) is 11.5 Å². The second kappa shape index (κ2) is 12.2. The number of primary amides is 1. The lowest BCUT2D eigenvalue weighted by Crippen LogP contribution is -2.42. The van der Waals surface area contributed by atoms with Crippen molar-refractivity contribution in [2.45, 2.75) is 117 Å². The lowest BCUT2D eigenvalue weighted by atomic mass is 9.85. The number of rotatable bonds is 9. The Kier molecular flexibility index (Phi) is 9.78. The largest absolute Gasteiger partial charge is 0.369 e. The summed E-state index contributed by atoms with van der Waals surface area (Å²) in [4.78, 5) is 26.0. The van der Waals surface area contributed by atoms with Crippen LogP contribution in [0.2, 0.25) is 0 Å². The molecule has 1 aliphatic carbocycles. The third-order valence-electron chi connectivity index (χ3n) is 7.82. The molecular formula is C32H50N4O3S. The van der Waals surface area contributed by atoms with E-state index in [2.05, 4.69) is 41.4 Å². The van der Waals surface area contributed by atoms with Crippen molar-refractivity contribution in [3.05, 3.63) is 41.1 Å². The number of aromatic nitrogens is 1. The average molecular weight is 571 g/mol. The molecule has 1 aliphatic rings. The molecule has 0 spiro atoms. The SMILES string of the molecule is Cc1c(C(=O)NCC(C)(C)C(N)=O)cc(-c2ccc(S(=O)NC(C)(C)C)c(C(C)(C)C)c2)n1CC1CCCCC1. The minimum absolute atomic E-state index is 0.166. The zero-order valence-electron chi connectivity index (χ0n) is 26.0. The van der Waals surface area contributed by atoms with E-state index in [1.54, 1.807) is 13.8 Å². The molecule has 0 radical (unpaired) electrons. The van der Waals surface area contributed by atoms with Crippen LogP contribution >= 0.6 is 0 Å². The van der Waals surface area contributed by atoms with Crippen LogP contribution in [0, 0.1) is 18.3 Å². The van der Waals surface area contributed by atoms with Crippen molar-refractivity contribution in [1.82, 2.24) is 14.6 Å². The van der Waals surface area contributed by atoms with Crippen molar-refractivity contribution in [3.8, 4) is 11.3 Å². The van der Waals surface area contributed by atoms with Crippen LogP contribution in [0.5, 0.6) is 0 Å². The highest BCUT2D eigenvalue weighted by atomic mass is 32.2. The minimum Gasteiger partial charge on any atom is -0.369 e. The monoisotopic (exact) mass is 570 g/mol. The van der Waals surface area contributed by atoms with Gasteiger partial charge in [0.2, 0.25) is 5.91 Å². The number of nitrogens with zero attached hydrogens (tertiary/aromatic N) is 1. The van der Waals surface area contributed by atoms with Crippen molar-refractivity contribution < 1.29 is 13.8 Å². The number of hydrogen-bond donors (Lipinski definition) is 3. The first-order valence-electron chi connectivity index (χ1n) is 14.5. The van der Waals surface area contributed by atoms with E-state index in [0.717, 1.165) is 34.0 Å². The van der Waals surface area contributed by atoms with Gasteiger partial charge >= 0.3 is 0 Å². The van der Waals surface area contributed by atoms with Crippen molar-refractivity contribution in [3.63, 3.8) is 0 Å². The van der Waals surface area contributed by atoms with Gasteiger partial charge in [-0.1, -0.05) is 46.1 Å². The molecule has 7 nitrogen and oxygen atoms in total. The number of hydrogen-bond acceptors (Lipinski definition) is 3. The molecule has 0 saturated heterocycles. The van der Waals surface area contributed by atoms with Gasteiger partial charge in [0.05, 0.1) is 15.9 Å². The molecule has 0 aliphatic heterocycles. The maximum atomic E-state index is 13.4. The molecule has 2 aromatic rings. The Bertz CT molecular complexity index is 1260. The van der Waals surface area contributed by atoms with Gasteiger partial charge in [-0.25, -0.2) is 8.93 Å². The molecule has 3 rings (SSSR count). The molecule has 0 bridgehead atoms. The summed E-state index contributed by atoms with van der Waals surface area (Å²) in [5.74, 6) is -0.0972. The van der Waals surface area contributed by atoms with E-state index in [4.69, 9.17) is 5.73 Å². The van der Waals surface area contributed by atoms with Crippen LogP contribution in [0.15, 0.2) is 29.2 Å². The maximum absolute atomic E-state index is 13.4. The average Bonchev–Trinajstić information content (AvgIpc) is 3.17. The van der Waals surface area contributed by atoms with E-state index >= 15 is 0 Å². The first-order chi connectivity index (χ1) is 18.4. The van der Waals surface area contributed by atoms with E-state index in [9.17, 15) is 13.8 Å². The van der Waals surface area contributed by atoms with Crippen LogP contribution in [0.25, 0.3) is 11.3 Å². The maximum Gasteiger partial charge on any atom is 0.253 e. The van der Waals surface area contributed by atoms with Crippen LogP contribution in [0.1, 0.15) is 109 Å². The van der Waals surface area contributed by atoms with Gasteiger partial charge in [0, 0.05) is 30.0 Å². The number of carbonyl (C=O) groups is 2. The lowest BCUT2D eigenvalue weighted by Gasteiger charge is -2.27. The van der Waals surface area contributed by atoms with Gasteiger partial charge in [-0.3, -0.25) is 9.59 Å². The first-order valence-corrected chi connectivity index (χ1v) is 15.7. The Balaban J connectivity index is 2.09. The van der Waals surface area contributed by atoms with Crippen molar-refractivity contribution >= 4 is 22.8 Å². The molecule has 1 unspecified atom stereocenters. The highest BCUT2D eigenvalue weighted by Gasteiger charge is 2.29. The fourth-order valence-corrected chi connectivity index (χ4v) is 6.65. The smallest absolute Gasteiger partial charge is 0.253 e. The molecule has 2 amide bonds. The molecule has 40 heavy (non-hydrogen) atoms. The summed E-state index contributed by atoms with van der Waals surface area (Å²) in [6.45, 7) is 18.9. The summed E-state index contributed by atoms with van der Waals surface area (Å²) >= 11 is 0. The van der Waals surface area contributed by atoms with Crippen molar-refractivity contribution in [1.29, 1.82) is 0 Å². The minimum atomic E-state index is -1.37. The second-order valence-corrected chi connectivity index (χ2v) is 15.3. The van der Waals surface area contributed by atoms with Crippen molar-refractivity contribution in [2.24, 2.45) is 17.1 Å². The number of nitrogens with one attached hydrogen (secondary N) is 2. The quantitative estimate of drug-likeness (QED) is 0.345. The van der Waals surface area contributed by atoms with E-state index in [-0.39, 0.29) is 23.4 Å². The predicted molar refractivity (Wildman–Crippen MR) is 164 cm³/mol. The molecule has 1 saturated carbocycles. The van der Waals surface area contributed by atoms with Crippen LogP contribution in [-0.2, 0) is 27.7 Å². The Morgan fingerprint density at radius 1 is 1.00 bits per heavy atom. The highest BCUT2D eigenvalue weighted by molar-refractivity contribution is 7.83. The molecule has 222 valence electrons. The topological polar surface area (TPSA) is 106 Å². The van der Waals surface area contributed by atoms with Crippen LogP contribution < -0.4 is 15.8 Å². The van der Waals surface area contributed by atoms with E-state index in [1.807, 2.05) is 45.9 Å². The fraction of sp³-hybridized carbons (Fsp3) is 0.625. The summed E-state index contributed by atoms with van der Waals surface area (Å²) in [7, 11) is -1.37. The first kappa shape index (κ1) is 32.1. The summed E-state index contributed by atoms with van der Waals surface area (Å²) in [5, 5.41) is 2.94. The third kappa shape index (κ3) is 7.84. The summed E-state index contributed by atoms with van der Waals surface area (Å²) in [6.07, 6.45) is 6.15. The number of amides is 2.